The highest BCUT2D eigenvalue weighted by Gasteiger charge is 2.66. The van der Waals surface area contributed by atoms with Gasteiger partial charge >= 0.3 is 12.1 Å². The number of likely N-dealkylation sites (tertiary alicyclic amines) is 1. The molecular weight excluding hydrogens is 594 g/mol. The molecule has 5 rings (SSSR count). The minimum Gasteiger partial charge on any atom is -0.470 e. The van der Waals surface area contributed by atoms with Crippen LogP contribution in [0.3, 0.4) is 0 Å². The van der Waals surface area contributed by atoms with Crippen LogP contribution in [0, 0.1) is 0 Å². The maximum atomic E-state index is 14.0. The van der Waals surface area contributed by atoms with E-state index in [0.29, 0.717) is 37.2 Å². The van der Waals surface area contributed by atoms with Crippen molar-refractivity contribution < 1.29 is 32.2 Å². The number of carbonyl (C=O) groups is 2. The lowest BCUT2D eigenvalue weighted by atomic mass is 9.89. The van der Waals surface area contributed by atoms with Crippen LogP contribution in [0.2, 0.25) is 0 Å². The fourth-order valence-corrected chi connectivity index (χ4v) is 6.61. The van der Waals surface area contributed by atoms with Crippen molar-refractivity contribution in [2.45, 2.75) is 73.8 Å². The summed E-state index contributed by atoms with van der Waals surface area (Å²) in [6, 6.07) is 13.9. The molecule has 1 amide bonds. The molecule has 0 radical (unpaired) electrons. The Morgan fingerprint density at radius 1 is 1.07 bits per heavy atom. The number of hydrogen-bond acceptors (Lipinski definition) is 6. The third kappa shape index (κ3) is 5.80. The summed E-state index contributed by atoms with van der Waals surface area (Å²) >= 11 is 13.9. The first kappa shape index (κ1) is 30.5. The Labute approximate surface area is 252 Å². The average molecular weight is 627 g/mol. The quantitative estimate of drug-likeness (QED) is 0.249. The number of nitrogens with zero attached hydrogens (tertiary/aromatic N) is 3. The van der Waals surface area contributed by atoms with Crippen LogP contribution >= 0.6 is 23.2 Å². The topological polar surface area (TPSA) is 71.4 Å². The van der Waals surface area contributed by atoms with Crippen molar-refractivity contribution in [1.82, 2.24) is 9.80 Å². The van der Waals surface area contributed by atoms with Crippen LogP contribution in [0.15, 0.2) is 53.5 Å². The molecule has 42 heavy (non-hydrogen) atoms. The molecule has 12 heteroatoms. The SMILES string of the molecule is CC(Oc1cc(C(Cl)(Cl)C2(OC(=O)C(F)(F)F)CCN(C3CCCCC3)C2=O)ccc1-c1ccccc1)N1C=NCC1. The lowest BCUT2D eigenvalue weighted by Crippen LogP contribution is -2.56. The lowest BCUT2D eigenvalue weighted by molar-refractivity contribution is -0.215. The molecule has 0 N–H and O–H groups in total. The van der Waals surface area contributed by atoms with Crippen molar-refractivity contribution in [2.24, 2.45) is 4.99 Å². The second-order valence-electron chi connectivity index (χ2n) is 10.9. The van der Waals surface area contributed by atoms with Crippen LogP contribution in [0.4, 0.5) is 13.2 Å². The van der Waals surface area contributed by atoms with E-state index in [1.54, 1.807) is 12.4 Å². The molecule has 2 fully saturated rings. The van der Waals surface area contributed by atoms with E-state index >= 15 is 0 Å². The van der Waals surface area contributed by atoms with Crippen molar-refractivity contribution in [3.63, 3.8) is 0 Å². The van der Waals surface area contributed by atoms with E-state index in [4.69, 9.17) is 32.7 Å². The summed E-state index contributed by atoms with van der Waals surface area (Å²) in [7, 11) is 0. The summed E-state index contributed by atoms with van der Waals surface area (Å²) in [6.45, 7) is 3.17. The Balaban J connectivity index is 1.57. The molecule has 2 atom stereocenters. The molecule has 2 heterocycles. The third-order valence-corrected chi connectivity index (χ3v) is 9.29. The largest absolute Gasteiger partial charge is 0.490 e. The Morgan fingerprint density at radius 2 is 1.79 bits per heavy atom. The molecule has 0 aromatic heterocycles. The number of ether oxygens (including phenoxy) is 2. The zero-order valence-corrected chi connectivity index (χ0v) is 24.6. The number of esters is 1. The van der Waals surface area contributed by atoms with Crippen molar-refractivity contribution in [2.75, 3.05) is 19.6 Å². The monoisotopic (exact) mass is 625 g/mol. The third-order valence-electron chi connectivity index (χ3n) is 8.24. The first-order valence-corrected chi connectivity index (χ1v) is 14.8. The van der Waals surface area contributed by atoms with Gasteiger partial charge in [-0.3, -0.25) is 9.79 Å². The van der Waals surface area contributed by atoms with Crippen LogP contribution in [0.25, 0.3) is 11.1 Å². The predicted molar refractivity (Wildman–Crippen MR) is 153 cm³/mol. The van der Waals surface area contributed by atoms with Crippen molar-refractivity contribution in [1.29, 1.82) is 0 Å². The molecule has 1 aliphatic carbocycles. The molecular formula is C30H32Cl2F3N3O4. The minimum atomic E-state index is -5.35. The van der Waals surface area contributed by atoms with E-state index in [9.17, 15) is 22.8 Å². The first-order chi connectivity index (χ1) is 19.9. The minimum absolute atomic E-state index is 0.0621. The molecule has 2 aromatic carbocycles. The second-order valence-corrected chi connectivity index (χ2v) is 12.2. The first-order valence-electron chi connectivity index (χ1n) is 14.1. The van der Waals surface area contributed by atoms with Gasteiger partial charge in [0.05, 0.1) is 12.9 Å². The number of benzene rings is 2. The molecule has 1 saturated heterocycles. The lowest BCUT2D eigenvalue weighted by Gasteiger charge is -2.39. The second kappa shape index (κ2) is 12.0. The molecule has 1 saturated carbocycles. The van der Waals surface area contributed by atoms with Gasteiger partial charge in [0, 0.05) is 31.1 Å². The van der Waals surface area contributed by atoms with Gasteiger partial charge in [0.25, 0.3) is 5.91 Å². The number of amides is 1. The van der Waals surface area contributed by atoms with E-state index in [2.05, 4.69) is 4.99 Å². The number of hydrogen-bond donors (Lipinski definition) is 0. The highest BCUT2D eigenvalue weighted by molar-refractivity contribution is 6.50. The van der Waals surface area contributed by atoms with Crippen LogP contribution < -0.4 is 4.74 Å². The summed E-state index contributed by atoms with van der Waals surface area (Å²) in [5.41, 5.74) is -0.945. The van der Waals surface area contributed by atoms with Gasteiger partial charge in [-0.25, -0.2) is 4.79 Å². The van der Waals surface area contributed by atoms with E-state index < -0.39 is 34.2 Å². The summed E-state index contributed by atoms with van der Waals surface area (Å²) in [5, 5.41) is 0. The Bertz CT molecular complexity index is 1330. The summed E-state index contributed by atoms with van der Waals surface area (Å²) in [5.74, 6) is -3.01. The number of aliphatic imine (C=N–C) groups is 1. The fourth-order valence-electron chi connectivity index (χ4n) is 5.95. The highest BCUT2D eigenvalue weighted by Crippen LogP contribution is 2.53. The molecule has 226 valence electrons. The molecule has 0 spiro atoms. The van der Waals surface area contributed by atoms with Gasteiger partial charge in [-0.05, 0) is 37.0 Å². The Kier molecular flexibility index (Phi) is 8.67. The molecule has 3 aliphatic rings. The van der Waals surface area contributed by atoms with Crippen molar-refractivity contribution in [3.8, 4) is 16.9 Å². The van der Waals surface area contributed by atoms with Gasteiger partial charge in [-0.1, -0.05) is 84.9 Å². The maximum Gasteiger partial charge on any atom is 0.490 e. The van der Waals surface area contributed by atoms with Crippen LogP contribution in [-0.2, 0) is 18.7 Å². The smallest absolute Gasteiger partial charge is 0.470 e. The summed E-state index contributed by atoms with van der Waals surface area (Å²) < 4.78 is 49.6. The zero-order chi connectivity index (χ0) is 30.1. The number of rotatable bonds is 8. The van der Waals surface area contributed by atoms with Gasteiger partial charge in [0.1, 0.15) is 5.75 Å². The highest BCUT2D eigenvalue weighted by atomic mass is 35.5. The van der Waals surface area contributed by atoms with Gasteiger partial charge in [0.2, 0.25) is 5.60 Å². The fraction of sp³-hybridized carbons (Fsp3) is 0.500. The van der Waals surface area contributed by atoms with Crippen molar-refractivity contribution in [3.05, 3.63) is 54.1 Å². The number of alkyl halides is 5. The average Bonchev–Trinajstić information content (AvgIpc) is 3.63. The zero-order valence-electron chi connectivity index (χ0n) is 23.1. The summed E-state index contributed by atoms with van der Waals surface area (Å²) in [4.78, 5) is 33.8. The van der Waals surface area contributed by atoms with Crippen LogP contribution in [-0.4, -0.2) is 71.7 Å². The number of carbonyl (C=O) groups excluding carboxylic acids is 2. The standard InChI is InChI=1S/C30H32Cl2F3N3O4/c1-20(37-17-15-36-19-37)41-25-18-22(12-13-24(25)21-8-4-2-5-9-21)29(31,32)28(42-27(40)30(33,34)35)14-16-38(26(28)39)23-10-6-3-7-11-23/h2,4-5,8-9,12-13,18-20,23H,3,6-7,10-11,14-17H2,1H3. The molecule has 2 unspecified atom stereocenters. The number of halogens is 5. The van der Waals surface area contributed by atoms with E-state index in [0.717, 1.165) is 24.8 Å². The normalized spacial score (nSPS) is 22.5. The van der Waals surface area contributed by atoms with Gasteiger partial charge in [-0.15, -0.1) is 0 Å². The Hall–Kier alpha value is -2.98. The summed E-state index contributed by atoms with van der Waals surface area (Å²) in [6.07, 6.45) is -0.228. The molecule has 7 nitrogen and oxygen atoms in total. The Morgan fingerprint density at radius 3 is 2.43 bits per heavy atom. The van der Waals surface area contributed by atoms with Crippen LogP contribution in [0.1, 0.15) is 51.0 Å². The van der Waals surface area contributed by atoms with E-state index in [1.807, 2.05) is 42.2 Å². The van der Waals surface area contributed by atoms with E-state index in [-0.39, 0.29) is 24.6 Å². The van der Waals surface area contributed by atoms with E-state index in [1.165, 1.54) is 17.0 Å². The predicted octanol–water partition coefficient (Wildman–Crippen LogP) is 6.46. The van der Waals surface area contributed by atoms with Gasteiger partial charge in [-0.2, -0.15) is 13.2 Å². The van der Waals surface area contributed by atoms with Crippen molar-refractivity contribution >= 4 is 41.4 Å². The maximum absolute atomic E-state index is 14.0. The van der Waals surface area contributed by atoms with Gasteiger partial charge in [0.15, 0.2) is 10.6 Å². The molecule has 2 aromatic rings. The molecule has 2 aliphatic heterocycles. The van der Waals surface area contributed by atoms with Crippen LogP contribution in [0.5, 0.6) is 5.75 Å². The van der Waals surface area contributed by atoms with Gasteiger partial charge < -0.3 is 19.3 Å². The molecule has 0 bridgehead atoms.